The monoisotopic (exact) mass is 487 g/mol. The number of rotatable bonds is 6. The van der Waals surface area contributed by atoms with Crippen molar-refractivity contribution in [3.63, 3.8) is 0 Å². The average Bonchev–Trinajstić information content (AvgIpc) is 3.30. The Balaban J connectivity index is 0.00000243. The van der Waals surface area contributed by atoms with Gasteiger partial charge in [0.15, 0.2) is 5.96 Å². The molecule has 6 nitrogen and oxygen atoms in total. The van der Waals surface area contributed by atoms with Crippen molar-refractivity contribution in [1.29, 1.82) is 0 Å². The van der Waals surface area contributed by atoms with E-state index in [1.54, 1.807) is 11.3 Å². The van der Waals surface area contributed by atoms with E-state index >= 15 is 0 Å². The van der Waals surface area contributed by atoms with E-state index in [4.69, 9.17) is 0 Å². The van der Waals surface area contributed by atoms with E-state index in [0.29, 0.717) is 12.5 Å². The van der Waals surface area contributed by atoms with Crippen molar-refractivity contribution in [1.82, 2.24) is 20.1 Å². The fourth-order valence-electron chi connectivity index (χ4n) is 2.87. The average molecular weight is 487 g/mol. The van der Waals surface area contributed by atoms with Gasteiger partial charge in [0.25, 0.3) is 0 Å². The Morgan fingerprint density at radius 2 is 2.12 bits per heavy atom. The number of guanidine groups is 1. The molecule has 0 unspecified atom stereocenters. The molecule has 0 spiro atoms. The summed E-state index contributed by atoms with van der Waals surface area (Å²) >= 11 is 1.78. The molecular weight excluding hydrogens is 461 g/mol. The van der Waals surface area contributed by atoms with Gasteiger partial charge in [-0.2, -0.15) is 0 Å². The molecular formula is C18H26IN5OS. The fourth-order valence-corrected chi connectivity index (χ4v) is 3.76. The predicted octanol–water partition coefficient (Wildman–Crippen LogP) is 2.31. The maximum Gasteiger partial charge on any atom is 0.244 e. The highest BCUT2D eigenvalue weighted by atomic mass is 127. The Morgan fingerprint density at radius 3 is 2.88 bits per heavy atom. The third-order valence-electron chi connectivity index (χ3n) is 4.21. The van der Waals surface area contributed by atoms with Gasteiger partial charge < -0.3 is 20.1 Å². The third-order valence-corrected chi connectivity index (χ3v) is 5.23. The van der Waals surface area contributed by atoms with E-state index in [-0.39, 0.29) is 36.4 Å². The van der Waals surface area contributed by atoms with Gasteiger partial charge in [-0.15, -0.1) is 35.3 Å². The zero-order valence-electron chi connectivity index (χ0n) is 15.0. The van der Waals surface area contributed by atoms with Gasteiger partial charge in [0.2, 0.25) is 5.91 Å². The molecule has 8 heteroatoms. The van der Waals surface area contributed by atoms with Crippen LogP contribution in [-0.4, -0.2) is 47.5 Å². The number of hydrogen-bond acceptors (Lipinski definition) is 3. The quantitative estimate of drug-likeness (QED) is 0.374. The normalized spacial score (nSPS) is 13.7. The van der Waals surface area contributed by atoms with Crippen molar-refractivity contribution in [3.05, 3.63) is 46.4 Å². The Kier molecular flexibility index (Phi) is 8.43. The third kappa shape index (κ3) is 5.73. The molecule has 1 aliphatic rings. The number of aromatic nitrogens is 1. The highest BCUT2D eigenvalue weighted by molar-refractivity contribution is 14.0. The highest BCUT2D eigenvalue weighted by Crippen LogP contribution is 2.23. The standard InChI is InChI=1S/C18H25N5OS.HI/c1-2-19-18(20-7-11-22-8-3-4-9-22)21-13-17(24)23-10-5-16-15(14-23)6-12-25-16;/h3-4,6,8-9,12H,2,5,7,10-11,13-14H2,1H3,(H2,19,20,21);1H. The molecule has 0 fully saturated rings. The summed E-state index contributed by atoms with van der Waals surface area (Å²) in [5.74, 6) is 0.774. The van der Waals surface area contributed by atoms with Crippen LogP contribution in [0.1, 0.15) is 17.4 Å². The minimum absolute atomic E-state index is 0. The molecule has 3 heterocycles. The van der Waals surface area contributed by atoms with E-state index < -0.39 is 0 Å². The van der Waals surface area contributed by atoms with Crippen LogP contribution in [0.3, 0.4) is 0 Å². The second-order valence-corrected chi connectivity index (χ2v) is 6.98. The first-order valence-corrected chi connectivity index (χ1v) is 9.60. The molecule has 2 aromatic rings. The van der Waals surface area contributed by atoms with Crippen LogP contribution in [-0.2, 0) is 24.3 Å². The van der Waals surface area contributed by atoms with Crippen LogP contribution in [0.4, 0.5) is 0 Å². The summed E-state index contributed by atoms with van der Waals surface area (Å²) in [6.07, 6.45) is 5.02. The summed E-state index contributed by atoms with van der Waals surface area (Å²) in [6, 6.07) is 6.14. The summed E-state index contributed by atoms with van der Waals surface area (Å²) in [5, 5.41) is 8.58. The van der Waals surface area contributed by atoms with Crippen LogP contribution >= 0.6 is 35.3 Å². The van der Waals surface area contributed by atoms with Gasteiger partial charge >= 0.3 is 0 Å². The Labute approximate surface area is 175 Å². The fraction of sp³-hybridized carbons (Fsp3) is 0.444. The summed E-state index contributed by atoms with van der Waals surface area (Å²) in [6.45, 7) is 6.09. The number of hydrogen-bond donors (Lipinski definition) is 2. The molecule has 0 aromatic carbocycles. The van der Waals surface area contributed by atoms with Crippen molar-refractivity contribution < 1.29 is 4.79 Å². The SMILES string of the molecule is CCNC(=NCC(=O)N1CCc2sccc2C1)NCCn1cccc1.I. The molecule has 1 amide bonds. The van der Waals surface area contributed by atoms with Crippen LogP contribution in [0, 0.1) is 0 Å². The number of carbonyl (C=O) groups excluding carboxylic acids is 1. The number of halogens is 1. The first kappa shape index (κ1) is 20.8. The van der Waals surface area contributed by atoms with Crippen molar-refractivity contribution in [2.45, 2.75) is 26.4 Å². The number of thiophene rings is 1. The highest BCUT2D eigenvalue weighted by Gasteiger charge is 2.21. The Bertz CT molecular complexity index is 713. The van der Waals surface area contributed by atoms with Gasteiger partial charge in [0, 0.05) is 50.0 Å². The van der Waals surface area contributed by atoms with Gasteiger partial charge in [-0.3, -0.25) is 4.79 Å². The lowest BCUT2D eigenvalue weighted by Crippen LogP contribution is -2.41. The first-order chi connectivity index (χ1) is 12.3. The second kappa shape index (κ2) is 10.6. The van der Waals surface area contributed by atoms with Gasteiger partial charge in [0.1, 0.15) is 6.54 Å². The lowest BCUT2D eigenvalue weighted by molar-refractivity contribution is -0.130. The molecule has 3 rings (SSSR count). The molecule has 2 aromatic heterocycles. The number of carbonyl (C=O) groups is 1. The molecule has 0 saturated heterocycles. The molecule has 0 bridgehead atoms. The minimum Gasteiger partial charge on any atom is -0.357 e. The van der Waals surface area contributed by atoms with E-state index in [2.05, 4.69) is 31.6 Å². The lowest BCUT2D eigenvalue weighted by atomic mass is 10.1. The second-order valence-electron chi connectivity index (χ2n) is 5.98. The van der Waals surface area contributed by atoms with Crippen molar-refractivity contribution in [3.8, 4) is 0 Å². The smallest absolute Gasteiger partial charge is 0.244 e. The summed E-state index contributed by atoms with van der Waals surface area (Å²) in [7, 11) is 0. The molecule has 0 saturated carbocycles. The Morgan fingerprint density at radius 1 is 1.31 bits per heavy atom. The first-order valence-electron chi connectivity index (χ1n) is 8.72. The number of nitrogens with zero attached hydrogens (tertiary/aromatic N) is 3. The summed E-state index contributed by atoms with van der Waals surface area (Å²) < 4.78 is 2.11. The van der Waals surface area contributed by atoms with E-state index in [1.807, 2.05) is 36.4 Å². The van der Waals surface area contributed by atoms with Crippen LogP contribution in [0.5, 0.6) is 0 Å². The predicted molar refractivity (Wildman–Crippen MR) is 117 cm³/mol. The minimum atomic E-state index is 0. The molecule has 0 radical (unpaired) electrons. The van der Waals surface area contributed by atoms with Crippen LogP contribution in [0.25, 0.3) is 0 Å². The lowest BCUT2D eigenvalue weighted by Gasteiger charge is -2.26. The van der Waals surface area contributed by atoms with E-state index in [1.165, 1.54) is 10.4 Å². The molecule has 0 atom stereocenters. The van der Waals surface area contributed by atoms with Crippen LogP contribution in [0.15, 0.2) is 41.0 Å². The number of fused-ring (bicyclic) bond motifs is 1. The number of amides is 1. The van der Waals surface area contributed by atoms with Gasteiger partial charge in [0.05, 0.1) is 0 Å². The van der Waals surface area contributed by atoms with Crippen molar-refractivity contribution >= 4 is 47.2 Å². The molecule has 142 valence electrons. The maximum absolute atomic E-state index is 12.5. The van der Waals surface area contributed by atoms with E-state index in [0.717, 1.165) is 32.6 Å². The molecule has 0 aliphatic carbocycles. The van der Waals surface area contributed by atoms with E-state index in [9.17, 15) is 4.79 Å². The summed E-state index contributed by atoms with van der Waals surface area (Å²) in [4.78, 5) is 20.2. The van der Waals surface area contributed by atoms with Gasteiger partial charge in [-0.1, -0.05) is 0 Å². The zero-order valence-corrected chi connectivity index (χ0v) is 18.1. The Hall–Kier alpha value is -1.55. The summed E-state index contributed by atoms with van der Waals surface area (Å²) in [5.41, 5.74) is 1.28. The number of aliphatic imine (C=N–C) groups is 1. The van der Waals surface area contributed by atoms with Gasteiger partial charge in [-0.25, -0.2) is 4.99 Å². The largest absolute Gasteiger partial charge is 0.357 e. The number of nitrogens with one attached hydrogen (secondary N) is 2. The van der Waals surface area contributed by atoms with Crippen molar-refractivity contribution in [2.75, 3.05) is 26.2 Å². The maximum atomic E-state index is 12.5. The molecule has 2 N–H and O–H groups in total. The van der Waals surface area contributed by atoms with Crippen LogP contribution < -0.4 is 10.6 Å². The van der Waals surface area contributed by atoms with Crippen molar-refractivity contribution in [2.24, 2.45) is 4.99 Å². The van der Waals surface area contributed by atoms with Crippen LogP contribution in [0.2, 0.25) is 0 Å². The van der Waals surface area contributed by atoms with Gasteiger partial charge in [-0.05, 0) is 42.5 Å². The topological polar surface area (TPSA) is 61.7 Å². The zero-order chi connectivity index (χ0) is 17.5. The molecule has 1 aliphatic heterocycles. The molecule has 26 heavy (non-hydrogen) atoms.